The average molecular weight is 242 g/mol. The van der Waals surface area contributed by atoms with Gasteiger partial charge in [-0.05, 0) is 25.3 Å². The summed E-state index contributed by atoms with van der Waals surface area (Å²) in [6, 6.07) is 0. The Bertz CT molecular complexity index is 283. The van der Waals surface area contributed by atoms with Gasteiger partial charge in [-0.1, -0.05) is 28.1 Å². The number of nitrogens with zero attached hydrogens (tertiary/aromatic N) is 1. The van der Waals surface area contributed by atoms with Gasteiger partial charge in [0.1, 0.15) is 0 Å². The maximum atomic E-state index is 11.6. The van der Waals surface area contributed by atoms with Crippen LogP contribution >= 0.6 is 15.9 Å². The molecule has 1 atom stereocenters. The highest BCUT2D eigenvalue weighted by molar-refractivity contribution is 9.10. The summed E-state index contributed by atoms with van der Waals surface area (Å²) in [5.41, 5.74) is 1.18. The van der Waals surface area contributed by atoms with E-state index in [0.29, 0.717) is 0 Å². The predicted molar refractivity (Wildman–Crippen MR) is 55.5 cm³/mol. The van der Waals surface area contributed by atoms with Gasteiger partial charge in [0.25, 0.3) is 0 Å². The van der Waals surface area contributed by atoms with E-state index in [-0.39, 0.29) is 10.7 Å². The fraction of sp³-hybridized carbons (Fsp3) is 0.500. The Balaban J connectivity index is 2.13. The topological polar surface area (TPSA) is 20.3 Å². The number of carbonyl (C=O) groups is 1. The van der Waals surface area contributed by atoms with Crippen LogP contribution in [0.25, 0.3) is 0 Å². The number of allylic oxidation sites excluding steroid dienone is 4. The van der Waals surface area contributed by atoms with E-state index in [4.69, 9.17) is 0 Å². The first-order chi connectivity index (χ1) is 6.29. The third-order valence-corrected chi connectivity index (χ3v) is 3.33. The summed E-state index contributed by atoms with van der Waals surface area (Å²) in [7, 11) is 0. The lowest BCUT2D eigenvalue weighted by Crippen LogP contribution is -2.27. The Kier molecular flexibility index (Phi) is 2.54. The molecule has 2 aliphatic rings. The van der Waals surface area contributed by atoms with Gasteiger partial charge in [0, 0.05) is 12.2 Å². The molecule has 2 nitrogen and oxygen atoms in total. The molecule has 70 valence electrons. The van der Waals surface area contributed by atoms with Crippen molar-refractivity contribution in [2.75, 3.05) is 6.54 Å². The summed E-state index contributed by atoms with van der Waals surface area (Å²) in [6.45, 7) is 0.869. The van der Waals surface area contributed by atoms with Gasteiger partial charge in [0.05, 0.1) is 4.83 Å². The molecule has 0 spiro atoms. The quantitative estimate of drug-likeness (QED) is 0.645. The maximum absolute atomic E-state index is 11.6. The number of hydrogen-bond acceptors (Lipinski definition) is 1. The molecule has 2 rings (SSSR count). The molecular formula is C10H12BrNO. The Morgan fingerprint density at radius 3 is 2.92 bits per heavy atom. The number of rotatable bonds is 1. The summed E-state index contributed by atoms with van der Waals surface area (Å²) < 4.78 is 0. The number of halogens is 1. The van der Waals surface area contributed by atoms with Crippen LogP contribution in [0.2, 0.25) is 0 Å². The Hall–Kier alpha value is -0.570. The second-order valence-corrected chi connectivity index (χ2v) is 4.48. The maximum Gasteiger partial charge on any atom is 0.240 e. The van der Waals surface area contributed by atoms with Crippen molar-refractivity contribution in [3.05, 3.63) is 23.9 Å². The molecule has 0 aromatic heterocycles. The first-order valence-electron chi connectivity index (χ1n) is 4.60. The fourth-order valence-electron chi connectivity index (χ4n) is 1.75. The van der Waals surface area contributed by atoms with Crippen molar-refractivity contribution in [1.82, 2.24) is 4.90 Å². The zero-order valence-corrected chi connectivity index (χ0v) is 8.96. The standard InChI is InChI=1S/C10H12BrNO/c11-9-6-7-12(10(9)13)8-4-2-1-3-5-8/h1-2,4,9H,3,5-7H2. The van der Waals surface area contributed by atoms with Crippen LogP contribution < -0.4 is 0 Å². The van der Waals surface area contributed by atoms with Crippen molar-refractivity contribution >= 4 is 21.8 Å². The van der Waals surface area contributed by atoms with Gasteiger partial charge < -0.3 is 4.90 Å². The molecule has 1 unspecified atom stereocenters. The molecule has 3 heteroatoms. The van der Waals surface area contributed by atoms with Crippen molar-refractivity contribution in [3.8, 4) is 0 Å². The first-order valence-corrected chi connectivity index (χ1v) is 5.52. The average Bonchev–Trinajstić information content (AvgIpc) is 2.49. The number of likely N-dealkylation sites (tertiary alicyclic amines) is 1. The van der Waals surface area contributed by atoms with Crippen molar-refractivity contribution < 1.29 is 4.79 Å². The number of alkyl halides is 1. The van der Waals surface area contributed by atoms with Crippen molar-refractivity contribution in [1.29, 1.82) is 0 Å². The zero-order valence-electron chi connectivity index (χ0n) is 7.37. The lowest BCUT2D eigenvalue weighted by atomic mass is 10.1. The summed E-state index contributed by atoms with van der Waals surface area (Å²) in [5.74, 6) is 0.224. The fourth-order valence-corrected chi connectivity index (χ4v) is 2.20. The van der Waals surface area contributed by atoms with Gasteiger partial charge in [-0.3, -0.25) is 4.79 Å². The summed E-state index contributed by atoms with van der Waals surface area (Å²) in [4.78, 5) is 13.6. The second-order valence-electron chi connectivity index (χ2n) is 3.37. The molecule has 13 heavy (non-hydrogen) atoms. The predicted octanol–water partition coefficient (Wildman–Crippen LogP) is 2.22. The van der Waals surface area contributed by atoms with E-state index in [1.807, 2.05) is 17.1 Å². The van der Waals surface area contributed by atoms with Gasteiger partial charge in [0.15, 0.2) is 0 Å². The van der Waals surface area contributed by atoms with Crippen LogP contribution in [0, 0.1) is 0 Å². The third-order valence-electron chi connectivity index (χ3n) is 2.48. The van der Waals surface area contributed by atoms with Crippen LogP contribution in [0.5, 0.6) is 0 Å². The molecule has 1 fully saturated rings. The van der Waals surface area contributed by atoms with E-state index < -0.39 is 0 Å². The van der Waals surface area contributed by atoms with Crippen LogP contribution in [0.15, 0.2) is 23.9 Å². The van der Waals surface area contributed by atoms with E-state index in [1.54, 1.807) is 0 Å². The molecule has 0 aromatic rings. The Morgan fingerprint density at radius 1 is 1.54 bits per heavy atom. The summed E-state index contributed by atoms with van der Waals surface area (Å²) in [6.07, 6.45) is 9.21. The largest absolute Gasteiger partial charge is 0.315 e. The smallest absolute Gasteiger partial charge is 0.240 e. The minimum absolute atomic E-state index is 0.0410. The SMILES string of the molecule is O=C1C(Br)CCN1C1=CC=CCC1. The van der Waals surface area contributed by atoms with Gasteiger partial charge in [0.2, 0.25) is 5.91 Å². The normalized spacial score (nSPS) is 28.1. The molecule has 1 amide bonds. The van der Waals surface area contributed by atoms with Gasteiger partial charge in [-0.2, -0.15) is 0 Å². The Labute approximate surface area is 86.4 Å². The lowest BCUT2D eigenvalue weighted by molar-refractivity contribution is -0.125. The van der Waals surface area contributed by atoms with Gasteiger partial charge >= 0.3 is 0 Å². The van der Waals surface area contributed by atoms with Crippen molar-refractivity contribution in [3.63, 3.8) is 0 Å². The molecular weight excluding hydrogens is 230 g/mol. The van der Waals surface area contributed by atoms with Gasteiger partial charge in [-0.15, -0.1) is 0 Å². The van der Waals surface area contributed by atoms with Crippen molar-refractivity contribution in [2.45, 2.75) is 24.1 Å². The molecule has 1 heterocycles. The molecule has 0 saturated carbocycles. The van der Waals surface area contributed by atoms with E-state index in [9.17, 15) is 4.79 Å². The minimum Gasteiger partial charge on any atom is -0.315 e. The third kappa shape index (κ3) is 1.70. The van der Waals surface area contributed by atoms with Crippen molar-refractivity contribution in [2.24, 2.45) is 0 Å². The van der Waals surface area contributed by atoms with Crippen LogP contribution in [-0.2, 0) is 4.79 Å². The number of amides is 1. The van der Waals surface area contributed by atoms with E-state index in [1.165, 1.54) is 5.70 Å². The van der Waals surface area contributed by atoms with Crippen LogP contribution in [0.1, 0.15) is 19.3 Å². The highest BCUT2D eigenvalue weighted by atomic mass is 79.9. The van der Waals surface area contributed by atoms with Gasteiger partial charge in [-0.25, -0.2) is 0 Å². The minimum atomic E-state index is 0.0410. The van der Waals surface area contributed by atoms with E-state index in [2.05, 4.69) is 22.0 Å². The van der Waals surface area contributed by atoms with Crippen LogP contribution in [-0.4, -0.2) is 22.2 Å². The summed E-state index contributed by atoms with van der Waals surface area (Å²) in [5, 5.41) is 0. The first kappa shape index (κ1) is 9.00. The lowest BCUT2D eigenvalue weighted by Gasteiger charge is -2.20. The molecule has 0 radical (unpaired) electrons. The van der Waals surface area contributed by atoms with Crippen LogP contribution in [0.4, 0.5) is 0 Å². The van der Waals surface area contributed by atoms with E-state index in [0.717, 1.165) is 25.8 Å². The number of hydrogen-bond donors (Lipinski definition) is 0. The number of carbonyl (C=O) groups excluding carboxylic acids is 1. The monoisotopic (exact) mass is 241 g/mol. The molecule has 1 saturated heterocycles. The second kappa shape index (κ2) is 3.66. The molecule has 1 aliphatic heterocycles. The van der Waals surface area contributed by atoms with Crippen LogP contribution in [0.3, 0.4) is 0 Å². The van der Waals surface area contributed by atoms with E-state index >= 15 is 0 Å². The zero-order chi connectivity index (χ0) is 9.26. The molecule has 1 aliphatic carbocycles. The molecule has 0 bridgehead atoms. The Morgan fingerprint density at radius 2 is 2.38 bits per heavy atom. The highest BCUT2D eigenvalue weighted by Crippen LogP contribution is 2.26. The highest BCUT2D eigenvalue weighted by Gasteiger charge is 2.31. The molecule has 0 aromatic carbocycles. The summed E-state index contributed by atoms with van der Waals surface area (Å²) >= 11 is 3.37. The molecule has 0 N–H and O–H groups in total.